The van der Waals surface area contributed by atoms with Gasteiger partial charge >= 0.3 is 0 Å². The Hall–Kier alpha value is -0.920. The molecule has 3 rings (SSSR count). The van der Waals surface area contributed by atoms with Crippen molar-refractivity contribution in [2.45, 2.75) is 25.3 Å². The summed E-state index contributed by atoms with van der Waals surface area (Å²) in [6.07, 6.45) is 5.55. The summed E-state index contributed by atoms with van der Waals surface area (Å²) in [5.41, 5.74) is 2.52. The molecule has 0 saturated carbocycles. The number of rotatable bonds is 2. The second kappa shape index (κ2) is 5.60. The Morgan fingerprint density at radius 3 is 3.00 bits per heavy atom. The van der Waals surface area contributed by atoms with Gasteiger partial charge in [-0.25, -0.2) is 10.8 Å². The van der Waals surface area contributed by atoms with E-state index in [0.29, 0.717) is 12.0 Å². The zero-order valence-corrected chi connectivity index (χ0v) is 12.4. The van der Waals surface area contributed by atoms with E-state index in [4.69, 9.17) is 5.84 Å². The molecule has 1 aromatic heterocycles. The summed E-state index contributed by atoms with van der Waals surface area (Å²) in [5.74, 6) is 6.80. The van der Waals surface area contributed by atoms with Crippen LogP contribution in [0.1, 0.15) is 19.3 Å². The average molecular weight is 327 g/mol. The fourth-order valence-electron chi connectivity index (χ4n) is 3.05. The van der Waals surface area contributed by atoms with Crippen LogP contribution in [0, 0.1) is 0 Å². The Kier molecular flexibility index (Phi) is 3.86. The van der Waals surface area contributed by atoms with E-state index in [2.05, 4.69) is 41.1 Å². The van der Waals surface area contributed by atoms with E-state index in [-0.39, 0.29) is 0 Å². The molecular formula is C12H19BrN6. The molecule has 0 aromatic carbocycles. The highest BCUT2D eigenvalue weighted by Crippen LogP contribution is 2.28. The lowest BCUT2D eigenvalue weighted by atomic mass is 10.2. The first-order valence-corrected chi connectivity index (χ1v) is 7.55. The number of nitrogens with one attached hydrogen (secondary N) is 1. The third-order valence-corrected chi connectivity index (χ3v) is 4.52. The number of hydrazine groups is 1. The molecule has 1 unspecified atom stereocenters. The zero-order valence-electron chi connectivity index (χ0n) is 10.8. The molecule has 0 radical (unpaired) electrons. The Morgan fingerprint density at radius 1 is 1.32 bits per heavy atom. The number of hydrogen-bond acceptors (Lipinski definition) is 6. The second-order valence-electron chi connectivity index (χ2n) is 5.14. The number of anilines is 2. The van der Waals surface area contributed by atoms with Gasteiger partial charge in [0.1, 0.15) is 5.82 Å². The maximum Gasteiger partial charge on any atom is 0.239 e. The maximum absolute atomic E-state index is 5.40. The van der Waals surface area contributed by atoms with Crippen LogP contribution in [0.5, 0.6) is 0 Å². The summed E-state index contributed by atoms with van der Waals surface area (Å²) < 4.78 is 0.929. The van der Waals surface area contributed by atoms with Gasteiger partial charge in [-0.2, -0.15) is 4.98 Å². The summed E-state index contributed by atoms with van der Waals surface area (Å²) in [6, 6.07) is 0.665. The van der Waals surface area contributed by atoms with Gasteiger partial charge in [0.15, 0.2) is 0 Å². The third kappa shape index (κ3) is 2.68. The molecule has 104 valence electrons. The molecule has 3 N–H and O–H groups in total. The van der Waals surface area contributed by atoms with Gasteiger partial charge in [0.25, 0.3) is 0 Å². The van der Waals surface area contributed by atoms with Gasteiger partial charge in [0.2, 0.25) is 5.95 Å². The molecule has 1 atom stereocenters. The van der Waals surface area contributed by atoms with Crippen LogP contribution in [0.4, 0.5) is 11.8 Å². The van der Waals surface area contributed by atoms with Crippen LogP contribution in [0.2, 0.25) is 0 Å². The zero-order chi connectivity index (χ0) is 13.2. The van der Waals surface area contributed by atoms with E-state index >= 15 is 0 Å². The lowest BCUT2D eigenvalue weighted by molar-refractivity contribution is 0.273. The molecule has 0 aliphatic carbocycles. The Labute approximate surface area is 121 Å². The highest BCUT2D eigenvalue weighted by molar-refractivity contribution is 9.10. The van der Waals surface area contributed by atoms with Crippen molar-refractivity contribution >= 4 is 27.7 Å². The highest BCUT2D eigenvalue weighted by atomic mass is 79.9. The quantitative estimate of drug-likeness (QED) is 0.628. The first-order valence-electron chi connectivity index (χ1n) is 6.76. The lowest BCUT2D eigenvalue weighted by Crippen LogP contribution is -2.37. The average Bonchev–Trinajstić information content (AvgIpc) is 2.77. The molecule has 6 nitrogen and oxygen atoms in total. The predicted molar refractivity (Wildman–Crippen MR) is 79.0 cm³/mol. The van der Waals surface area contributed by atoms with Crippen LogP contribution >= 0.6 is 15.9 Å². The number of aromatic nitrogens is 2. The fourth-order valence-corrected chi connectivity index (χ4v) is 3.49. The summed E-state index contributed by atoms with van der Waals surface area (Å²) in [5, 5.41) is 0. The van der Waals surface area contributed by atoms with Gasteiger partial charge in [0.05, 0.1) is 4.47 Å². The largest absolute Gasteiger partial charge is 0.354 e. The molecule has 1 aromatic rings. The monoisotopic (exact) mass is 326 g/mol. The van der Waals surface area contributed by atoms with E-state index in [1.807, 2.05) is 0 Å². The molecule has 0 bridgehead atoms. The molecule has 0 amide bonds. The number of nitrogen functional groups attached to an aromatic ring is 1. The van der Waals surface area contributed by atoms with Crippen LogP contribution in [0.25, 0.3) is 0 Å². The standard InChI is InChI=1S/C12H19BrN6/c13-10-7-15-12(17-14)16-11(10)19-6-2-5-18-4-1-3-9(18)8-19/h7,9H,1-6,8,14H2,(H,15,16,17). The summed E-state index contributed by atoms with van der Waals surface area (Å²) in [6.45, 7) is 4.52. The first-order chi connectivity index (χ1) is 9.28. The van der Waals surface area contributed by atoms with Crippen molar-refractivity contribution in [1.29, 1.82) is 0 Å². The van der Waals surface area contributed by atoms with Gasteiger partial charge < -0.3 is 4.90 Å². The number of nitrogens with two attached hydrogens (primary N) is 1. The van der Waals surface area contributed by atoms with Crippen molar-refractivity contribution in [2.24, 2.45) is 5.84 Å². The molecule has 19 heavy (non-hydrogen) atoms. The maximum atomic E-state index is 5.40. The van der Waals surface area contributed by atoms with Crippen molar-refractivity contribution in [3.05, 3.63) is 10.7 Å². The molecule has 3 heterocycles. The van der Waals surface area contributed by atoms with Crippen molar-refractivity contribution < 1.29 is 0 Å². The summed E-state index contributed by atoms with van der Waals surface area (Å²) >= 11 is 3.54. The van der Waals surface area contributed by atoms with Gasteiger partial charge in [-0.3, -0.25) is 10.3 Å². The minimum Gasteiger partial charge on any atom is -0.354 e. The Morgan fingerprint density at radius 2 is 2.16 bits per heavy atom. The predicted octanol–water partition coefficient (Wildman–Crippen LogP) is 1.20. The minimum absolute atomic E-state index is 0.464. The van der Waals surface area contributed by atoms with Crippen molar-refractivity contribution in [3.63, 3.8) is 0 Å². The molecular weight excluding hydrogens is 308 g/mol. The number of halogens is 1. The molecule has 2 saturated heterocycles. The number of nitrogens with zero attached hydrogens (tertiary/aromatic N) is 4. The van der Waals surface area contributed by atoms with Crippen LogP contribution < -0.4 is 16.2 Å². The van der Waals surface area contributed by atoms with E-state index < -0.39 is 0 Å². The summed E-state index contributed by atoms with van der Waals surface area (Å²) in [4.78, 5) is 13.6. The SMILES string of the molecule is NNc1ncc(Br)c(N2CCCN3CCCC3C2)n1. The Balaban J connectivity index is 1.84. The lowest BCUT2D eigenvalue weighted by Gasteiger charge is -2.27. The van der Waals surface area contributed by atoms with Gasteiger partial charge in [-0.1, -0.05) is 0 Å². The van der Waals surface area contributed by atoms with Gasteiger partial charge in [-0.05, 0) is 41.7 Å². The van der Waals surface area contributed by atoms with Crippen molar-refractivity contribution in [1.82, 2.24) is 14.9 Å². The summed E-state index contributed by atoms with van der Waals surface area (Å²) in [7, 11) is 0. The van der Waals surface area contributed by atoms with Crippen LogP contribution in [0.3, 0.4) is 0 Å². The van der Waals surface area contributed by atoms with Crippen LogP contribution in [0.15, 0.2) is 10.7 Å². The normalized spacial score (nSPS) is 24.1. The minimum atomic E-state index is 0.464. The topological polar surface area (TPSA) is 70.3 Å². The fraction of sp³-hybridized carbons (Fsp3) is 0.667. The second-order valence-corrected chi connectivity index (χ2v) is 6.00. The van der Waals surface area contributed by atoms with Crippen molar-refractivity contribution in [3.8, 4) is 0 Å². The van der Waals surface area contributed by atoms with Crippen molar-refractivity contribution in [2.75, 3.05) is 36.5 Å². The Bertz CT molecular complexity index is 454. The van der Waals surface area contributed by atoms with E-state index in [1.165, 1.54) is 32.4 Å². The highest BCUT2D eigenvalue weighted by Gasteiger charge is 2.29. The van der Waals surface area contributed by atoms with Gasteiger partial charge in [-0.15, -0.1) is 0 Å². The third-order valence-electron chi connectivity index (χ3n) is 3.96. The molecule has 0 spiro atoms. The van der Waals surface area contributed by atoms with E-state index in [9.17, 15) is 0 Å². The molecule has 7 heteroatoms. The van der Waals surface area contributed by atoms with E-state index in [1.54, 1.807) is 6.20 Å². The van der Waals surface area contributed by atoms with E-state index in [0.717, 1.165) is 23.4 Å². The number of fused-ring (bicyclic) bond motifs is 1. The van der Waals surface area contributed by atoms with Crippen LogP contribution in [-0.2, 0) is 0 Å². The first kappa shape index (κ1) is 13.1. The molecule has 2 aliphatic rings. The molecule has 2 aliphatic heterocycles. The van der Waals surface area contributed by atoms with Crippen LogP contribution in [-0.4, -0.2) is 47.1 Å². The molecule has 2 fully saturated rings. The smallest absolute Gasteiger partial charge is 0.239 e. The van der Waals surface area contributed by atoms with Gasteiger partial charge in [0, 0.05) is 31.9 Å². The number of hydrogen-bond donors (Lipinski definition) is 2.